The first-order valence-electron chi connectivity index (χ1n) is 5.59. The SMILES string of the molecule is CC(C)c1c(N)noc1-c1ccc(C(F)(F)F)cn1. The van der Waals surface area contributed by atoms with Gasteiger partial charge in [-0.05, 0) is 18.1 Å². The number of rotatable bonds is 2. The minimum absolute atomic E-state index is 0.0327. The topological polar surface area (TPSA) is 64.9 Å². The van der Waals surface area contributed by atoms with Crippen LogP contribution in [0.2, 0.25) is 0 Å². The third kappa shape index (κ3) is 2.54. The highest BCUT2D eigenvalue weighted by Crippen LogP contribution is 2.34. The second-order valence-corrected chi connectivity index (χ2v) is 4.40. The lowest BCUT2D eigenvalue weighted by molar-refractivity contribution is -0.137. The summed E-state index contributed by atoms with van der Waals surface area (Å²) in [6, 6.07) is 2.19. The average Bonchev–Trinajstić information content (AvgIpc) is 2.70. The van der Waals surface area contributed by atoms with Gasteiger partial charge in [0.25, 0.3) is 0 Å². The van der Waals surface area contributed by atoms with E-state index in [1.807, 2.05) is 13.8 Å². The Morgan fingerprint density at radius 2 is 1.95 bits per heavy atom. The molecule has 0 saturated carbocycles. The number of anilines is 1. The molecule has 0 bridgehead atoms. The molecular weight excluding hydrogens is 259 g/mol. The molecule has 0 unspecified atom stereocenters. The number of nitrogens with two attached hydrogens (primary N) is 1. The summed E-state index contributed by atoms with van der Waals surface area (Å²) in [6.45, 7) is 3.77. The van der Waals surface area contributed by atoms with Gasteiger partial charge in [-0.15, -0.1) is 0 Å². The molecule has 19 heavy (non-hydrogen) atoms. The summed E-state index contributed by atoms with van der Waals surface area (Å²) >= 11 is 0. The summed E-state index contributed by atoms with van der Waals surface area (Å²) < 4.78 is 42.4. The van der Waals surface area contributed by atoms with E-state index in [4.69, 9.17) is 10.3 Å². The zero-order chi connectivity index (χ0) is 14.2. The molecule has 2 rings (SSSR count). The smallest absolute Gasteiger partial charge is 0.381 e. The molecule has 2 aromatic rings. The van der Waals surface area contributed by atoms with Crippen LogP contribution < -0.4 is 5.73 Å². The van der Waals surface area contributed by atoms with Crippen LogP contribution in [-0.4, -0.2) is 10.1 Å². The predicted octanol–water partition coefficient (Wildman–Crippen LogP) is 3.46. The van der Waals surface area contributed by atoms with Crippen LogP contribution in [0.4, 0.5) is 19.0 Å². The fourth-order valence-corrected chi connectivity index (χ4v) is 1.75. The van der Waals surface area contributed by atoms with E-state index in [2.05, 4.69) is 10.1 Å². The lowest BCUT2D eigenvalue weighted by Gasteiger charge is -2.07. The molecular formula is C12H12F3N3O. The van der Waals surface area contributed by atoms with Crippen molar-refractivity contribution in [2.45, 2.75) is 25.9 Å². The molecule has 2 N–H and O–H groups in total. The first kappa shape index (κ1) is 13.4. The van der Waals surface area contributed by atoms with Crippen molar-refractivity contribution in [2.24, 2.45) is 0 Å². The number of aromatic nitrogens is 2. The summed E-state index contributed by atoms with van der Waals surface area (Å²) in [6.07, 6.45) is -3.65. The highest BCUT2D eigenvalue weighted by atomic mass is 19.4. The van der Waals surface area contributed by atoms with E-state index in [0.717, 1.165) is 12.3 Å². The van der Waals surface area contributed by atoms with Crippen LogP contribution in [0.3, 0.4) is 0 Å². The van der Waals surface area contributed by atoms with Gasteiger partial charge in [-0.3, -0.25) is 4.98 Å². The van der Waals surface area contributed by atoms with Gasteiger partial charge >= 0.3 is 6.18 Å². The van der Waals surface area contributed by atoms with Crippen molar-refractivity contribution < 1.29 is 17.7 Å². The van der Waals surface area contributed by atoms with Gasteiger partial charge < -0.3 is 10.3 Å². The standard InChI is InChI=1S/C12H12F3N3O/c1-6(2)9-10(19-18-11(9)16)8-4-3-7(5-17-8)12(13,14)15/h3-6H,1-2H3,(H2,16,18). The molecule has 0 saturated heterocycles. The van der Waals surface area contributed by atoms with Crippen LogP contribution in [0.15, 0.2) is 22.9 Å². The number of halogens is 3. The van der Waals surface area contributed by atoms with E-state index < -0.39 is 11.7 Å². The second-order valence-electron chi connectivity index (χ2n) is 4.40. The number of pyridine rings is 1. The lowest BCUT2D eigenvalue weighted by atomic mass is 10.0. The summed E-state index contributed by atoms with van der Waals surface area (Å²) in [5, 5.41) is 3.63. The van der Waals surface area contributed by atoms with Gasteiger partial charge in [0.1, 0.15) is 5.69 Å². The quantitative estimate of drug-likeness (QED) is 0.908. The number of nitrogen functional groups attached to an aromatic ring is 1. The van der Waals surface area contributed by atoms with Crippen LogP contribution in [0.25, 0.3) is 11.5 Å². The summed E-state index contributed by atoms with van der Waals surface area (Å²) in [7, 11) is 0. The van der Waals surface area contributed by atoms with E-state index in [-0.39, 0.29) is 17.4 Å². The number of alkyl halides is 3. The number of nitrogens with zero attached hydrogens (tertiary/aromatic N) is 2. The zero-order valence-corrected chi connectivity index (χ0v) is 10.3. The largest absolute Gasteiger partial charge is 0.417 e. The van der Waals surface area contributed by atoms with Crippen molar-refractivity contribution in [1.29, 1.82) is 0 Å². The van der Waals surface area contributed by atoms with Gasteiger partial charge in [-0.25, -0.2) is 0 Å². The third-order valence-corrected chi connectivity index (χ3v) is 2.66. The number of hydrogen-bond donors (Lipinski definition) is 1. The summed E-state index contributed by atoms with van der Waals surface area (Å²) in [5.41, 5.74) is 5.78. The maximum absolute atomic E-state index is 12.4. The molecule has 0 aliphatic rings. The highest BCUT2D eigenvalue weighted by molar-refractivity contribution is 5.63. The average molecular weight is 271 g/mol. The van der Waals surface area contributed by atoms with Gasteiger partial charge in [-0.1, -0.05) is 19.0 Å². The van der Waals surface area contributed by atoms with E-state index in [0.29, 0.717) is 11.3 Å². The minimum atomic E-state index is -4.41. The Hall–Kier alpha value is -2.05. The van der Waals surface area contributed by atoms with Crippen LogP contribution >= 0.6 is 0 Å². The van der Waals surface area contributed by atoms with Crippen LogP contribution in [0, 0.1) is 0 Å². The van der Waals surface area contributed by atoms with Crippen molar-refractivity contribution in [2.75, 3.05) is 5.73 Å². The van der Waals surface area contributed by atoms with E-state index in [1.165, 1.54) is 6.07 Å². The summed E-state index contributed by atoms with van der Waals surface area (Å²) in [4.78, 5) is 3.76. The fourth-order valence-electron chi connectivity index (χ4n) is 1.75. The Bertz CT molecular complexity index is 573. The molecule has 4 nitrogen and oxygen atoms in total. The van der Waals surface area contributed by atoms with Crippen LogP contribution in [0.1, 0.15) is 30.9 Å². The van der Waals surface area contributed by atoms with Crippen LogP contribution in [0.5, 0.6) is 0 Å². The van der Waals surface area contributed by atoms with Gasteiger partial charge in [0.2, 0.25) is 0 Å². The maximum Gasteiger partial charge on any atom is 0.417 e. The van der Waals surface area contributed by atoms with Gasteiger partial charge in [0.15, 0.2) is 11.6 Å². The molecule has 102 valence electrons. The number of hydrogen-bond acceptors (Lipinski definition) is 4. The van der Waals surface area contributed by atoms with Gasteiger partial charge in [0.05, 0.1) is 5.56 Å². The van der Waals surface area contributed by atoms with E-state index in [9.17, 15) is 13.2 Å². The van der Waals surface area contributed by atoms with Gasteiger partial charge in [0, 0.05) is 11.8 Å². The zero-order valence-electron chi connectivity index (χ0n) is 10.3. The molecule has 0 spiro atoms. The first-order chi connectivity index (χ1) is 8.80. The van der Waals surface area contributed by atoms with Crippen molar-refractivity contribution in [1.82, 2.24) is 10.1 Å². The third-order valence-electron chi connectivity index (χ3n) is 2.66. The molecule has 0 aromatic carbocycles. The normalized spacial score (nSPS) is 12.1. The predicted molar refractivity (Wildman–Crippen MR) is 63.2 cm³/mol. The van der Waals surface area contributed by atoms with Gasteiger partial charge in [-0.2, -0.15) is 13.2 Å². The Balaban J connectivity index is 2.44. The molecule has 0 amide bonds. The molecule has 2 heterocycles. The van der Waals surface area contributed by atoms with E-state index in [1.54, 1.807) is 0 Å². The highest BCUT2D eigenvalue weighted by Gasteiger charge is 2.31. The Morgan fingerprint density at radius 3 is 2.42 bits per heavy atom. The molecule has 0 atom stereocenters. The molecule has 0 aliphatic carbocycles. The van der Waals surface area contributed by atoms with Crippen molar-refractivity contribution in [3.8, 4) is 11.5 Å². The van der Waals surface area contributed by atoms with Crippen LogP contribution in [-0.2, 0) is 6.18 Å². The molecule has 2 aromatic heterocycles. The Labute approximate surface area is 107 Å². The van der Waals surface area contributed by atoms with Crippen molar-refractivity contribution in [3.05, 3.63) is 29.5 Å². The van der Waals surface area contributed by atoms with Crippen molar-refractivity contribution in [3.63, 3.8) is 0 Å². The molecule has 0 fully saturated rings. The fraction of sp³-hybridized carbons (Fsp3) is 0.333. The monoisotopic (exact) mass is 271 g/mol. The second kappa shape index (κ2) is 4.56. The molecule has 0 aliphatic heterocycles. The van der Waals surface area contributed by atoms with Crippen molar-refractivity contribution >= 4 is 5.82 Å². The lowest BCUT2D eigenvalue weighted by Crippen LogP contribution is -2.05. The Morgan fingerprint density at radius 1 is 1.26 bits per heavy atom. The minimum Gasteiger partial charge on any atom is -0.381 e. The molecule has 7 heteroatoms. The Kier molecular flexibility index (Phi) is 3.21. The van der Waals surface area contributed by atoms with E-state index >= 15 is 0 Å². The molecule has 0 radical (unpaired) electrons. The first-order valence-corrected chi connectivity index (χ1v) is 5.59. The maximum atomic E-state index is 12.4. The summed E-state index contributed by atoms with van der Waals surface area (Å²) in [5.74, 6) is 0.568.